The molecule has 0 bridgehead atoms. The van der Waals surface area contributed by atoms with E-state index in [1.165, 1.54) is 0 Å². The average molecular weight is 343 g/mol. The lowest BCUT2D eigenvalue weighted by Gasteiger charge is -2.28. The highest BCUT2D eigenvalue weighted by molar-refractivity contribution is 5.91. The minimum absolute atomic E-state index is 0.0944. The van der Waals surface area contributed by atoms with E-state index in [4.69, 9.17) is 4.74 Å². The highest BCUT2D eigenvalue weighted by atomic mass is 16.6. The van der Waals surface area contributed by atoms with Crippen LogP contribution in [0, 0.1) is 11.8 Å². The van der Waals surface area contributed by atoms with Crippen LogP contribution in [0.4, 0.5) is 0 Å². The van der Waals surface area contributed by atoms with Crippen molar-refractivity contribution in [2.24, 2.45) is 11.8 Å². The summed E-state index contributed by atoms with van der Waals surface area (Å²) in [5.74, 6) is -0.973. The number of amides is 1. The molecule has 25 heavy (non-hydrogen) atoms. The summed E-state index contributed by atoms with van der Waals surface area (Å²) < 4.78 is 5.53. The quantitative estimate of drug-likeness (QED) is 0.631. The van der Waals surface area contributed by atoms with Crippen LogP contribution in [0.1, 0.15) is 52.0 Å². The summed E-state index contributed by atoms with van der Waals surface area (Å²) in [6.07, 6.45) is 3.50. The van der Waals surface area contributed by atoms with Crippen molar-refractivity contribution < 1.29 is 14.3 Å². The van der Waals surface area contributed by atoms with Gasteiger partial charge in [-0.25, -0.2) is 4.79 Å². The maximum atomic E-state index is 12.7. The van der Waals surface area contributed by atoms with Crippen molar-refractivity contribution in [2.75, 3.05) is 0 Å². The molecule has 1 heterocycles. The zero-order chi connectivity index (χ0) is 18.6. The molecule has 0 radical (unpaired) electrons. The summed E-state index contributed by atoms with van der Waals surface area (Å²) >= 11 is 0. The SMILES string of the molecule is C=CC(c1ccccc1)[C@H]1C(=O)N[C@H](C(=O)OC(C)(C)C)[C@H]1CCC. The Labute approximate surface area is 150 Å². The van der Waals surface area contributed by atoms with Crippen molar-refractivity contribution in [3.8, 4) is 0 Å². The van der Waals surface area contributed by atoms with Gasteiger partial charge in [-0.05, 0) is 32.8 Å². The number of ether oxygens (including phenoxy) is 1. The number of allylic oxidation sites excluding steroid dienone is 1. The first-order valence-electron chi connectivity index (χ1n) is 8.99. The van der Waals surface area contributed by atoms with Crippen LogP contribution in [0.25, 0.3) is 0 Å². The Kier molecular flexibility index (Phi) is 6.04. The van der Waals surface area contributed by atoms with Crippen LogP contribution < -0.4 is 5.32 Å². The van der Waals surface area contributed by atoms with Crippen LogP contribution in [0.3, 0.4) is 0 Å². The molecule has 4 atom stereocenters. The van der Waals surface area contributed by atoms with Crippen LogP contribution in [-0.4, -0.2) is 23.5 Å². The fourth-order valence-electron chi connectivity index (χ4n) is 3.63. The van der Waals surface area contributed by atoms with Gasteiger partial charge in [-0.1, -0.05) is 49.8 Å². The maximum Gasteiger partial charge on any atom is 0.329 e. The van der Waals surface area contributed by atoms with Crippen LogP contribution in [0.5, 0.6) is 0 Å². The maximum absolute atomic E-state index is 12.7. The molecule has 0 spiro atoms. The van der Waals surface area contributed by atoms with Crippen molar-refractivity contribution in [1.82, 2.24) is 5.32 Å². The Morgan fingerprint density at radius 1 is 1.32 bits per heavy atom. The predicted octanol–water partition coefficient (Wildman–Crippen LogP) is 3.83. The number of hydrogen-bond acceptors (Lipinski definition) is 3. The van der Waals surface area contributed by atoms with Gasteiger partial charge in [-0.3, -0.25) is 4.79 Å². The van der Waals surface area contributed by atoms with E-state index in [1.807, 2.05) is 57.2 Å². The highest BCUT2D eigenvalue weighted by Crippen LogP contribution is 2.40. The predicted molar refractivity (Wildman–Crippen MR) is 99.0 cm³/mol. The molecule has 1 unspecified atom stereocenters. The molecule has 0 aliphatic carbocycles. The number of carbonyl (C=O) groups is 2. The Bertz CT molecular complexity index is 618. The number of hydrogen-bond donors (Lipinski definition) is 1. The minimum Gasteiger partial charge on any atom is -0.458 e. The number of carbonyl (C=O) groups excluding carboxylic acids is 2. The second-order valence-corrected chi connectivity index (χ2v) is 7.67. The first kappa shape index (κ1) is 19.2. The number of rotatable bonds is 6. The summed E-state index contributed by atoms with van der Waals surface area (Å²) in [4.78, 5) is 25.4. The molecule has 1 aromatic carbocycles. The number of esters is 1. The average Bonchev–Trinajstić information content (AvgIpc) is 2.86. The van der Waals surface area contributed by atoms with Crippen LogP contribution >= 0.6 is 0 Å². The Hall–Kier alpha value is -2.10. The summed E-state index contributed by atoms with van der Waals surface area (Å²) in [6, 6.07) is 9.28. The van der Waals surface area contributed by atoms with Crippen LogP contribution in [0.2, 0.25) is 0 Å². The second-order valence-electron chi connectivity index (χ2n) is 7.67. The molecule has 2 rings (SSSR count). The van der Waals surface area contributed by atoms with Gasteiger partial charge in [-0.15, -0.1) is 6.58 Å². The molecule has 4 heteroatoms. The summed E-state index contributed by atoms with van der Waals surface area (Å²) in [6.45, 7) is 11.5. The second kappa shape index (κ2) is 7.85. The van der Waals surface area contributed by atoms with Crippen LogP contribution in [0.15, 0.2) is 43.0 Å². The van der Waals surface area contributed by atoms with E-state index >= 15 is 0 Å². The van der Waals surface area contributed by atoms with Crippen molar-refractivity contribution >= 4 is 11.9 Å². The van der Waals surface area contributed by atoms with Gasteiger partial charge in [0.1, 0.15) is 11.6 Å². The fourth-order valence-corrected chi connectivity index (χ4v) is 3.63. The van der Waals surface area contributed by atoms with E-state index in [1.54, 1.807) is 0 Å². The Morgan fingerprint density at radius 2 is 1.96 bits per heavy atom. The van der Waals surface area contributed by atoms with E-state index in [0.717, 1.165) is 18.4 Å². The molecule has 1 aliphatic heterocycles. The van der Waals surface area contributed by atoms with Gasteiger partial charge in [0, 0.05) is 11.8 Å². The highest BCUT2D eigenvalue weighted by Gasteiger charge is 2.49. The van der Waals surface area contributed by atoms with Gasteiger partial charge in [0.2, 0.25) is 5.91 Å². The molecular weight excluding hydrogens is 314 g/mol. The lowest BCUT2D eigenvalue weighted by molar-refractivity contribution is -0.158. The molecule has 4 nitrogen and oxygen atoms in total. The third-order valence-electron chi connectivity index (χ3n) is 4.60. The zero-order valence-corrected chi connectivity index (χ0v) is 15.6. The zero-order valence-electron chi connectivity index (χ0n) is 15.6. The lowest BCUT2D eigenvalue weighted by atomic mass is 9.75. The van der Waals surface area contributed by atoms with Gasteiger partial charge >= 0.3 is 5.97 Å². The standard InChI is InChI=1S/C21H29NO3/c1-6-11-16-17(15(7-2)14-12-9-8-10-13-14)19(23)22-18(16)20(24)25-21(3,4)5/h7-10,12-13,15-18H,2,6,11H2,1,3-5H3,(H,22,23)/t15?,16-,17+,18-/m0/s1. The van der Waals surface area contributed by atoms with Gasteiger partial charge in [0.05, 0.1) is 5.92 Å². The summed E-state index contributed by atoms with van der Waals surface area (Å²) in [7, 11) is 0. The topological polar surface area (TPSA) is 55.4 Å². The van der Waals surface area contributed by atoms with Gasteiger partial charge in [0.15, 0.2) is 0 Å². The largest absolute Gasteiger partial charge is 0.458 e. The Morgan fingerprint density at radius 3 is 2.48 bits per heavy atom. The Balaban J connectivity index is 2.32. The van der Waals surface area contributed by atoms with Gasteiger partial charge < -0.3 is 10.1 Å². The summed E-state index contributed by atoms with van der Waals surface area (Å²) in [5, 5.41) is 2.88. The van der Waals surface area contributed by atoms with E-state index in [0.29, 0.717) is 0 Å². The molecule has 1 fully saturated rings. The molecule has 1 aliphatic rings. The van der Waals surface area contributed by atoms with Crippen molar-refractivity contribution in [3.63, 3.8) is 0 Å². The molecule has 136 valence electrons. The van der Waals surface area contributed by atoms with E-state index < -0.39 is 11.6 Å². The van der Waals surface area contributed by atoms with Gasteiger partial charge in [-0.2, -0.15) is 0 Å². The van der Waals surface area contributed by atoms with Gasteiger partial charge in [0.25, 0.3) is 0 Å². The first-order chi connectivity index (χ1) is 11.8. The fraction of sp³-hybridized carbons (Fsp3) is 0.524. The third kappa shape index (κ3) is 4.50. The lowest BCUT2D eigenvalue weighted by Crippen LogP contribution is -2.41. The van der Waals surface area contributed by atoms with Crippen molar-refractivity contribution in [3.05, 3.63) is 48.6 Å². The van der Waals surface area contributed by atoms with Crippen LogP contribution in [-0.2, 0) is 14.3 Å². The van der Waals surface area contributed by atoms with Crippen molar-refractivity contribution in [2.45, 2.75) is 58.1 Å². The molecule has 1 N–H and O–H groups in total. The normalized spacial score (nSPS) is 24.5. The smallest absolute Gasteiger partial charge is 0.329 e. The minimum atomic E-state index is -0.595. The first-order valence-corrected chi connectivity index (χ1v) is 8.99. The van der Waals surface area contributed by atoms with E-state index in [2.05, 4.69) is 18.8 Å². The number of benzene rings is 1. The number of nitrogens with one attached hydrogen (secondary N) is 1. The summed E-state index contributed by atoms with van der Waals surface area (Å²) in [5.41, 5.74) is 0.470. The monoisotopic (exact) mass is 343 g/mol. The molecular formula is C21H29NO3. The molecule has 1 saturated heterocycles. The van der Waals surface area contributed by atoms with E-state index in [9.17, 15) is 9.59 Å². The molecule has 0 saturated carbocycles. The van der Waals surface area contributed by atoms with Crippen molar-refractivity contribution in [1.29, 1.82) is 0 Å². The molecule has 1 aromatic rings. The third-order valence-corrected chi connectivity index (χ3v) is 4.60. The molecule has 1 amide bonds. The van der Waals surface area contributed by atoms with E-state index in [-0.39, 0.29) is 29.6 Å². The molecule has 0 aromatic heterocycles.